The first-order chi connectivity index (χ1) is 12.2. The van der Waals surface area contributed by atoms with E-state index in [0.717, 1.165) is 0 Å². The van der Waals surface area contributed by atoms with Gasteiger partial charge < -0.3 is 17.3 Å². The molecule has 13 heteroatoms. The summed E-state index contributed by atoms with van der Waals surface area (Å²) in [6.07, 6.45) is 3.20. The Balaban J connectivity index is -0.0000000667. The van der Waals surface area contributed by atoms with Crippen molar-refractivity contribution >= 4 is 17.1 Å². The maximum absolute atomic E-state index is 11.5. The summed E-state index contributed by atoms with van der Waals surface area (Å²) >= 11 is 0. The molecule has 0 aromatic heterocycles. The summed E-state index contributed by atoms with van der Waals surface area (Å²) in [6.45, 7) is 19.8. The first-order valence-corrected chi connectivity index (χ1v) is 7.16. The Kier molecular flexibility index (Phi) is 43.5. The van der Waals surface area contributed by atoms with Crippen LogP contribution in [0.15, 0.2) is 35.2 Å². The Morgan fingerprint density at radius 1 is 0.852 bits per heavy atom. The minimum atomic E-state index is -6.00. The molecule has 6 nitrogen and oxygen atoms in total. The summed E-state index contributed by atoms with van der Waals surface area (Å²) in [6, 6.07) is 8.35. The molecular formula is C14H11BF4FeO6S+. The molecule has 0 amide bonds. The topological polar surface area (TPSA) is 114 Å². The Bertz CT molecular complexity index is 571. The SMILES string of the molecule is C[CH][CH][CH]S(=O)(=O)c1ccccc1.F[B-](F)(F)F.[C-]#[O+].[C-]#[O+].[C-]#[O+].[C-]#[O+].[Fe+2]. The summed E-state index contributed by atoms with van der Waals surface area (Å²) in [5, 5.41) is 0. The van der Waals surface area contributed by atoms with Crippen molar-refractivity contribution in [1.82, 2.24) is 0 Å². The van der Waals surface area contributed by atoms with Gasteiger partial charge in [-0.1, -0.05) is 25.1 Å². The Labute approximate surface area is 166 Å². The molecule has 0 saturated carbocycles. The number of hydrogen-bond donors (Lipinski definition) is 0. The first kappa shape index (κ1) is 40.2. The van der Waals surface area contributed by atoms with Crippen LogP contribution in [0.5, 0.6) is 0 Å². The smallest absolute Gasteiger partial charge is 2.00 e. The second kappa shape index (κ2) is 29.2. The monoisotopic (exact) mass is 450 g/mol. The molecule has 1 aromatic rings. The van der Waals surface area contributed by atoms with Crippen LogP contribution in [-0.4, -0.2) is 15.7 Å². The molecule has 1 rings (SSSR count). The van der Waals surface area contributed by atoms with Crippen LogP contribution in [0.2, 0.25) is 0 Å². The van der Waals surface area contributed by atoms with E-state index in [0.29, 0.717) is 4.90 Å². The van der Waals surface area contributed by atoms with Crippen molar-refractivity contribution in [2.75, 3.05) is 0 Å². The van der Waals surface area contributed by atoms with E-state index >= 15 is 0 Å². The molecule has 0 saturated heterocycles. The molecule has 0 N–H and O–H groups in total. The van der Waals surface area contributed by atoms with Crippen LogP contribution in [0, 0.1) is 45.2 Å². The van der Waals surface area contributed by atoms with Crippen molar-refractivity contribution < 1.29 is 61.4 Å². The third-order valence-corrected chi connectivity index (χ3v) is 2.97. The van der Waals surface area contributed by atoms with Crippen molar-refractivity contribution in [3.05, 3.63) is 75.5 Å². The summed E-state index contributed by atoms with van der Waals surface area (Å²) in [4.78, 5) is 0.327. The van der Waals surface area contributed by atoms with E-state index in [-0.39, 0.29) is 17.1 Å². The standard InChI is InChI=1S/C10H11O2S.4CO.BF4.Fe/c1-2-3-9-13(11,12)10-7-5-4-6-8-10;4*1-2;2-1(3,4)5;/h2-9H,1H3;;;;;;/q;;;;;-1;+2. The van der Waals surface area contributed by atoms with Crippen LogP contribution in [0.1, 0.15) is 6.92 Å². The van der Waals surface area contributed by atoms with Crippen molar-refractivity contribution in [1.29, 1.82) is 0 Å². The number of sulfone groups is 1. The maximum Gasteiger partial charge on any atom is 2.00 e. The first-order valence-electron chi connectivity index (χ1n) is 5.62. The molecule has 0 heterocycles. The van der Waals surface area contributed by atoms with Crippen LogP contribution in [0.3, 0.4) is 0 Å². The van der Waals surface area contributed by atoms with Crippen molar-refractivity contribution in [3.63, 3.8) is 0 Å². The number of unbranched alkanes of at least 4 members (excludes halogenated alkanes) is 1. The zero-order chi connectivity index (χ0) is 22.2. The second-order valence-corrected chi connectivity index (χ2v) is 4.85. The fraction of sp³-hybridized carbons (Fsp3) is 0.0714. The van der Waals surface area contributed by atoms with Gasteiger partial charge in [0.25, 0.3) is 0 Å². The Hall–Kier alpha value is -1.57. The quantitative estimate of drug-likeness (QED) is 0.304. The van der Waals surface area contributed by atoms with Gasteiger partial charge in [0.05, 0.1) is 10.6 Å². The van der Waals surface area contributed by atoms with E-state index in [4.69, 9.17) is 18.6 Å². The molecule has 3 radical (unpaired) electrons. The van der Waals surface area contributed by atoms with Crippen LogP contribution >= 0.6 is 0 Å². The van der Waals surface area contributed by atoms with Crippen LogP contribution in [0.4, 0.5) is 17.3 Å². The normalized spacial score (nSPS) is 8.04. The summed E-state index contributed by atoms with van der Waals surface area (Å²) < 4.78 is 92.0. The maximum atomic E-state index is 11.5. The molecule has 147 valence electrons. The predicted octanol–water partition coefficient (Wildman–Crippen LogP) is 3.20. The fourth-order valence-corrected chi connectivity index (χ4v) is 1.93. The van der Waals surface area contributed by atoms with Gasteiger partial charge in [0.2, 0.25) is 0 Å². The van der Waals surface area contributed by atoms with E-state index in [1.165, 1.54) is 12.2 Å². The van der Waals surface area contributed by atoms with Crippen molar-refractivity contribution in [3.8, 4) is 0 Å². The summed E-state index contributed by atoms with van der Waals surface area (Å²) in [5.41, 5.74) is 0. The molecule has 0 aliphatic heterocycles. The van der Waals surface area contributed by atoms with Gasteiger partial charge in [0.1, 0.15) is 0 Å². The van der Waals surface area contributed by atoms with Gasteiger partial charge in [0, 0.05) is 0 Å². The van der Waals surface area contributed by atoms with Gasteiger partial charge in [-0.2, -0.15) is 0 Å². The zero-order valence-electron chi connectivity index (χ0n) is 13.4. The molecular weight excluding hydrogens is 439 g/mol. The molecule has 0 aliphatic carbocycles. The van der Waals surface area contributed by atoms with Crippen LogP contribution in [0.25, 0.3) is 0 Å². The van der Waals surface area contributed by atoms with Gasteiger partial charge >= 0.3 is 69.5 Å². The molecule has 0 bridgehead atoms. The van der Waals surface area contributed by atoms with Crippen molar-refractivity contribution in [2.45, 2.75) is 11.8 Å². The van der Waals surface area contributed by atoms with Gasteiger partial charge in [-0.15, -0.1) is 0 Å². The number of benzene rings is 1. The molecule has 0 fully saturated rings. The third-order valence-electron chi connectivity index (χ3n) is 1.52. The van der Waals surface area contributed by atoms with Crippen LogP contribution < -0.4 is 0 Å². The zero-order valence-corrected chi connectivity index (χ0v) is 15.3. The van der Waals surface area contributed by atoms with Gasteiger partial charge in [-0.3, -0.25) is 0 Å². The third kappa shape index (κ3) is 40.5. The predicted molar refractivity (Wildman–Crippen MR) is 78.1 cm³/mol. The molecule has 0 atom stereocenters. The largest absolute Gasteiger partial charge is 2.00 e. The average molecular weight is 450 g/mol. The van der Waals surface area contributed by atoms with E-state index in [1.54, 1.807) is 43.7 Å². The Morgan fingerprint density at radius 3 is 1.41 bits per heavy atom. The number of halogens is 4. The van der Waals surface area contributed by atoms with Gasteiger partial charge in [0.15, 0.2) is 9.84 Å². The summed E-state index contributed by atoms with van der Waals surface area (Å²) in [5.74, 6) is 1.20. The van der Waals surface area contributed by atoms with Crippen molar-refractivity contribution in [2.24, 2.45) is 0 Å². The average Bonchev–Trinajstić information content (AvgIpc) is 2.66. The number of rotatable bonds is 4. The molecule has 27 heavy (non-hydrogen) atoms. The molecule has 1 aromatic carbocycles. The molecule has 0 aliphatic rings. The fourth-order valence-electron chi connectivity index (χ4n) is 0.871. The van der Waals surface area contributed by atoms with E-state index in [2.05, 4.69) is 26.6 Å². The summed E-state index contributed by atoms with van der Waals surface area (Å²) in [7, 11) is -9.23. The minimum absolute atomic E-state index is 0. The van der Waals surface area contributed by atoms with Gasteiger partial charge in [-0.25, -0.2) is 8.42 Å². The molecule has 0 spiro atoms. The van der Waals surface area contributed by atoms with E-state index < -0.39 is 17.1 Å². The minimum Gasteiger partial charge on any atom is 2.00 e. The second-order valence-electron chi connectivity index (χ2n) is 3.01. The van der Waals surface area contributed by atoms with Crippen LogP contribution in [-0.2, 0) is 45.5 Å². The Morgan fingerprint density at radius 2 is 1.15 bits per heavy atom. The number of hydrogen-bond acceptors (Lipinski definition) is 2. The van der Waals surface area contributed by atoms with E-state index in [1.807, 2.05) is 0 Å². The van der Waals surface area contributed by atoms with Gasteiger partial charge in [-0.05, 0) is 25.0 Å². The molecule has 0 unspecified atom stereocenters. The van der Waals surface area contributed by atoms with E-state index in [9.17, 15) is 25.7 Å².